The predicted octanol–water partition coefficient (Wildman–Crippen LogP) is 12.0. The zero-order chi connectivity index (χ0) is 48.9. The molecule has 4 aromatic rings. The second-order valence-corrected chi connectivity index (χ2v) is 33.5. The molecule has 0 fully saturated rings. The van der Waals surface area contributed by atoms with Crippen LogP contribution in [0.3, 0.4) is 0 Å². The number of aryl methyl sites for hydroxylation is 4. The Kier molecular flexibility index (Phi) is 18.9. The first-order valence-electron chi connectivity index (χ1n) is 21.7. The molecule has 0 aromatic heterocycles. The van der Waals surface area contributed by atoms with Crippen LogP contribution in [0.15, 0.2) is 82.6 Å². The number of hydrogen-bond donors (Lipinski definition) is 1. The van der Waals surface area contributed by atoms with E-state index in [9.17, 15) is 16.8 Å². The minimum Gasteiger partial charge on any atom is -0.497 e. The van der Waals surface area contributed by atoms with E-state index in [-0.39, 0.29) is 41.7 Å². The number of nitrogens with one attached hydrogen (secondary N) is 1. The Balaban J connectivity index is 0.000000288. The number of fused-ring (bicyclic) bond motifs is 2. The molecule has 1 N–H and O–H groups in total. The van der Waals surface area contributed by atoms with Crippen molar-refractivity contribution in [3.63, 3.8) is 0 Å². The first-order chi connectivity index (χ1) is 29.9. The number of anilines is 2. The highest BCUT2D eigenvalue weighted by atomic mass is 35.7. The van der Waals surface area contributed by atoms with Crippen LogP contribution < -0.4 is 28.6 Å². The van der Waals surface area contributed by atoms with Gasteiger partial charge in [0.25, 0.3) is 19.1 Å². The lowest BCUT2D eigenvalue weighted by atomic mass is 10.1. The molecule has 0 radical (unpaired) electrons. The average molecular weight is 1010 g/mol. The van der Waals surface area contributed by atoms with E-state index in [0.717, 1.165) is 11.4 Å². The van der Waals surface area contributed by atoms with Crippen molar-refractivity contribution in [3.8, 4) is 23.0 Å². The predicted molar refractivity (Wildman–Crippen MR) is 276 cm³/mol. The minimum absolute atomic E-state index is 0. The largest absolute Gasteiger partial charge is 0.497 e. The fourth-order valence-corrected chi connectivity index (χ4v) is 12.7. The minimum atomic E-state index is -3.88. The molecule has 0 aliphatic carbocycles. The van der Waals surface area contributed by atoms with Crippen LogP contribution in [0, 0.1) is 27.7 Å². The molecule has 2 atom stereocenters. The molecule has 4 aromatic carbocycles. The Morgan fingerprint density at radius 3 is 1.56 bits per heavy atom. The van der Waals surface area contributed by atoms with E-state index in [1.165, 1.54) is 11.4 Å². The topological polar surface area (TPSA) is 139 Å². The number of methoxy groups -OCH3 is 2. The van der Waals surface area contributed by atoms with Crippen LogP contribution in [0.2, 0.25) is 36.3 Å². The van der Waals surface area contributed by atoms with Crippen molar-refractivity contribution < 1.29 is 44.6 Å². The van der Waals surface area contributed by atoms with E-state index in [2.05, 4.69) is 73.0 Å². The molecule has 2 unspecified atom stereocenters. The van der Waals surface area contributed by atoms with E-state index in [4.69, 9.17) is 38.5 Å². The van der Waals surface area contributed by atoms with Crippen molar-refractivity contribution in [2.24, 2.45) is 0 Å². The van der Waals surface area contributed by atoms with Gasteiger partial charge < -0.3 is 33.1 Å². The number of halogens is 1. The summed E-state index contributed by atoms with van der Waals surface area (Å²) in [4.78, 5) is 0.465. The zero-order valence-electron chi connectivity index (χ0n) is 41.1. The Morgan fingerprint density at radius 1 is 0.667 bits per heavy atom. The maximum Gasteiger partial charge on any atom is 0.265 e. The molecule has 0 saturated carbocycles. The molecule has 66 heavy (non-hydrogen) atoms. The van der Waals surface area contributed by atoms with Gasteiger partial charge in [0, 0.05) is 10.7 Å². The average Bonchev–Trinajstić information content (AvgIpc) is 3.20. The smallest absolute Gasteiger partial charge is 0.265 e. The van der Waals surface area contributed by atoms with E-state index in [1.807, 2.05) is 36.4 Å². The Bertz CT molecular complexity index is 2460. The summed E-state index contributed by atoms with van der Waals surface area (Å²) >= 11 is 0. The van der Waals surface area contributed by atoms with Gasteiger partial charge in [0.2, 0.25) is 0 Å². The van der Waals surface area contributed by atoms with Crippen molar-refractivity contribution in [1.82, 2.24) is 0 Å². The Labute approximate surface area is 403 Å². The van der Waals surface area contributed by atoms with Gasteiger partial charge in [-0.1, -0.05) is 73.2 Å². The highest BCUT2D eigenvalue weighted by molar-refractivity contribution is 8.13. The van der Waals surface area contributed by atoms with Crippen LogP contribution in [0.4, 0.5) is 11.4 Å². The molecular weight excluding hydrogens is 932 g/mol. The molecule has 0 spiro atoms. The molecule has 2 aliphatic rings. The maximum absolute atomic E-state index is 14.1. The van der Waals surface area contributed by atoms with Crippen LogP contribution >= 0.6 is 10.7 Å². The second-order valence-electron chi connectivity index (χ2n) is 19.6. The van der Waals surface area contributed by atoms with E-state index in [0.29, 0.717) is 63.3 Å². The van der Waals surface area contributed by atoms with Gasteiger partial charge in [0.15, 0.2) is 16.6 Å². The fraction of sp³-hybridized carbons (Fsp3) is 0.510. The lowest BCUT2D eigenvalue weighted by Gasteiger charge is -2.41. The number of rotatable bonds is 11. The van der Waals surface area contributed by atoms with E-state index in [1.54, 1.807) is 71.2 Å². The van der Waals surface area contributed by atoms with Crippen LogP contribution in [-0.4, -0.2) is 86.2 Å². The quantitative estimate of drug-likeness (QED) is 0.113. The summed E-state index contributed by atoms with van der Waals surface area (Å²) in [6, 6.07) is 21.9. The second kappa shape index (κ2) is 22.1. The summed E-state index contributed by atoms with van der Waals surface area (Å²) in [5, 5.41) is 3.76. The van der Waals surface area contributed by atoms with Gasteiger partial charge in [-0.2, -0.15) is 0 Å². The molecule has 0 saturated heterocycles. The molecule has 2 aliphatic heterocycles. The Morgan fingerprint density at radius 2 is 1.09 bits per heavy atom. The summed E-state index contributed by atoms with van der Waals surface area (Å²) in [7, 11) is -2.90. The highest BCUT2D eigenvalue weighted by Crippen LogP contribution is 2.42. The first kappa shape index (κ1) is 56.5. The molecule has 17 heteroatoms. The summed E-state index contributed by atoms with van der Waals surface area (Å²) in [6.07, 6.45) is 0. The summed E-state index contributed by atoms with van der Waals surface area (Å²) < 4.78 is 86.8. The van der Waals surface area contributed by atoms with Crippen molar-refractivity contribution >= 4 is 57.8 Å². The lowest BCUT2D eigenvalue weighted by molar-refractivity contribution is 0.199. The summed E-state index contributed by atoms with van der Waals surface area (Å²) in [5.74, 6) is 2.76. The van der Waals surface area contributed by atoms with Gasteiger partial charge >= 0.3 is 0 Å². The number of nitrogens with zero attached hydrogens (tertiary/aromatic N) is 1. The third-order valence-electron chi connectivity index (χ3n) is 12.5. The normalized spacial score (nSPS) is 16.2. The van der Waals surface area contributed by atoms with Crippen molar-refractivity contribution in [2.45, 2.75) is 135 Å². The first-order valence-corrected chi connectivity index (χ1v) is 31.3. The van der Waals surface area contributed by atoms with Crippen molar-refractivity contribution in [2.75, 3.05) is 50.3 Å². The Hall–Kier alpha value is -3.78. The van der Waals surface area contributed by atoms with Crippen LogP contribution in [-0.2, 0) is 27.9 Å². The summed E-state index contributed by atoms with van der Waals surface area (Å²) in [6.45, 7) is 31.1. The number of hydrogen-bond acceptors (Lipinski definition) is 11. The molecule has 2 heterocycles. The molecule has 12 nitrogen and oxygen atoms in total. The summed E-state index contributed by atoms with van der Waals surface area (Å²) in [5.41, 5.74) is 4.09. The van der Waals surface area contributed by atoms with Gasteiger partial charge in [-0.25, -0.2) is 16.8 Å². The number of ether oxygens (including phenoxy) is 4. The zero-order valence-corrected chi connectivity index (χ0v) is 45.5. The van der Waals surface area contributed by atoms with Crippen molar-refractivity contribution in [1.29, 1.82) is 0 Å². The number of para-hydroxylation sites is 4. The van der Waals surface area contributed by atoms with Gasteiger partial charge in [0.1, 0.15) is 42.3 Å². The molecular formula is C49H75ClN2O10S2Si2. The van der Waals surface area contributed by atoms with E-state index < -0.39 is 41.8 Å². The number of benzene rings is 4. The van der Waals surface area contributed by atoms with Crippen LogP contribution in [0.5, 0.6) is 23.0 Å². The monoisotopic (exact) mass is 1010 g/mol. The maximum atomic E-state index is 14.1. The van der Waals surface area contributed by atoms with Gasteiger partial charge in [-0.3, -0.25) is 4.31 Å². The molecule has 368 valence electrons. The van der Waals surface area contributed by atoms with Gasteiger partial charge in [-0.15, -0.1) is 0 Å². The third kappa shape index (κ3) is 13.7. The highest BCUT2D eigenvalue weighted by Gasteiger charge is 2.43. The number of sulfonamides is 1. The standard InChI is InChI=1S/C24H35NO5SSi.C15H25NO2Si.C9H11ClO3S.CH4/c1-17-13-20(28-6)14-18(2)23(17)31(26,27)25-19(16-30-32(7,8)24(3,4)5)15-29-22-12-10-9-11-21(22)25;1-15(2,3)19(4,5)18-11-12-10-17-14-9-7-6-8-13(14)16-12;1-6-4-8(13-3)5-7(2)9(6)14(10,11)12;/h9-14,19H,15-16H2,1-8H3;6-9,12,16H,10-11H2,1-5H3;4-5H,1-3H3;1H4. The SMILES string of the molecule is C.CC(C)(C)[Si](C)(C)OCC1COc2ccccc2N1.COc1cc(C)c(S(=O)(=O)Cl)c(C)c1.COc1cc(C)c(S(=O)(=O)N2c3ccccc3OCC2CO[Si](C)(C)C(C)(C)C)c(C)c1. The lowest BCUT2D eigenvalue weighted by Crippen LogP contribution is -2.52. The molecule has 0 amide bonds. The van der Waals surface area contributed by atoms with Gasteiger partial charge in [-0.05, 0) is 135 Å². The van der Waals surface area contributed by atoms with Crippen LogP contribution in [0.25, 0.3) is 0 Å². The van der Waals surface area contributed by atoms with E-state index >= 15 is 0 Å². The van der Waals surface area contributed by atoms with Gasteiger partial charge in [0.05, 0.1) is 54.6 Å². The van der Waals surface area contributed by atoms with Crippen LogP contribution in [0.1, 0.15) is 71.2 Å². The fourth-order valence-electron chi connectivity index (χ4n) is 6.90. The molecule has 0 bridgehead atoms. The molecule has 6 rings (SSSR count). The third-order valence-corrected chi connectivity index (χ3v) is 25.3. The van der Waals surface area contributed by atoms with Crippen molar-refractivity contribution in [3.05, 3.63) is 95.1 Å².